The van der Waals surface area contributed by atoms with Gasteiger partial charge < -0.3 is 20.2 Å². The summed E-state index contributed by atoms with van der Waals surface area (Å²) < 4.78 is 0. The second kappa shape index (κ2) is 6.12. The van der Waals surface area contributed by atoms with Gasteiger partial charge in [0.25, 0.3) is 0 Å². The van der Waals surface area contributed by atoms with E-state index < -0.39 is 0 Å². The molecule has 3 aromatic rings. The van der Waals surface area contributed by atoms with Gasteiger partial charge in [0.1, 0.15) is 6.04 Å². The highest BCUT2D eigenvalue weighted by atomic mass is 16.2. The quantitative estimate of drug-likeness (QED) is 0.688. The van der Waals surface area contributed by atoms with Crippen molar-refractivity contribution in [3.8, 4) is 0 Å². The number of anilines is 2. The van der Waals surface area contributed by atoms with Crippen LogP contribution in [0.15, 0.2) is 47.3 Å². The number of benzene rings is 2. The molecule has 0 saturated carbocycles. The number of nitrogens with zero attached hydrogens (tertiary/aromatic N) is 1. The van der Waals surface area contributed by atoms with Crippen LogP contribution < -0.4 is 15.9 Å². The molecule has 1 aliphatic heterocycles. The van der Waals surface area contributed by atoms with Gasteiger partial charge in [-0.25, -0.2) is 4.79 Å². The average molecular weight is 336 g/mol. The molecule has 128 valence electrons. The van der Waals surface area contributed by atoms with E-state index in [0.717, 1.165) is 30.6 Å². The summed E-state index contributed by atoms with van der Waals surface area (Å²) in [5.41, 5.74) is 4.25. The number of fused-ring (bicyclic) bond motifs is 2. The van der Waals surface area contributed by atoms with E-state index in [2.05, 4.69) is 32.3 Å². The van der Waals surface area contributed by atoms with Gasteiger partial charge in [0.05, 0.1) is 11.0 Å². The summed E-state index contributed by atoms with van der Waals surface area (Å²) in [6.45, 7) is 2.80. The molecule has 4 rings (SSSR count). The number of rotatable bonds is 3. The molecule has 1 amide bonds. The first-order valence-corrected chi connectivity index (χ1v) is 8.49. The third-order valence-electron chi connectivity index (χ3n) is 4.78. The van der Waals surface area contributed by atoms with Gasteiger partial charge >= 0.3 is 5.69 Å². The Labute approximate surface area is 144 Å². The van der Waals surface area contributed by atoms with Crippen LogP contribution in [0.4, 0.5) is 11.4 Å². The number of aromatic nitrogens is 2. The fourth-order valence-electron chi connectivity index (χ4n) is 3.46. The Bertz CT molecular complexity index is 988. The molecule has 1 aliphatic rings. The van der Waals surface area contributed by atoms with Crippen LogP contribution in [0.25, 0.3) is 11.0 Å². The van der Waals surface area contributed by atoms with Gasteiger partial charge in [-0.05, 0) is 49.6 Å². The molecule has 0 saturated heterocycles. The summed E-state index contributed by atoms with van der Waals surface area (Å²) >= 11 is 0. The summed E-state index contributed by atoms with van der Waals surface area (Å²) in [6, 6.07) is 13.3. The Morgan fingerprint density at radius 2 is 1.96 bits per heavy atom. The first-order chi connectivity index (χ1) is 12.1. The molecule has 1 aromatic heterocycles. The molecular weight excluding hydrogens is 316 g/mol. The Hall–Kier alpha value is -3.02. The number of imidazole rings is 1. The molecule has 0 spiro atoms. The van der Waals surface area contributed by atoms with Crippen LogP contribution in [0, 0.1) is 0 Å². The van der Waals surface area contributed by atoms with Crippen LogP contribution in [-0.4, -0.2) is 28.5 Å². The van der Waals surface area contributed by atoms with E-state index in [1.165, 1.54) is 5.56 Å². The highest BCUT2D eigenvalue weighted by Gasteiger charge is 2.25. The van der Waals surface area contributed by atoms with Gasteiger partial charge in [0, 0.05) is 17.9 Å². The molecule has 6 heteroatoms. The smallest absolute Gasteiger partial charge is 0.323 e. The summed E-state index contributed by atoms with van der Waals surface area (Å²) in [4.78, 5) is 31.6. The summed E-state index contributed by atoms with van der Waals surface area (Å²) in [6.07, 6.45) is 2.10. The molecule has 1 atom stereocenters. The van der Waals surface area contributed by atoms with Gasteiger partial charge in [-0.2, -0.15) is 0 Å². The lowest BCUT2D eigenvalue weighted by Gasteiger charge is -2.35. The molecule has 6 nitrogen and oxygen atoms in total. The van der Waals surface area contributed by atoms with E-state index >= 15 is 0 Å². The molecule has 0 unspecified atom stereocenters. The monoisotopic (exact) mass is 336 g/mol. The predicted molar refractivity (Wildman–Crippen MR) is 99.1 cm³/mol. The van der Waals surface area contributed by atoms with Crippen molar-refractivity contribution < 1.29 is 4.79 Å². The minimum Gasteiger partial charge on any atom is -0.360 e. The number of amides is 1. The predicted octanol–water partition coefficient (Wildman–Crippen LogP) is 2.64. The van der Waals surface area contributed by atoms with Crippen molar-refractivity contribution in [3.63, 3.8) is 0 Å². The zero-order valence-corrected chi connectivity index (χ0v) is 14.0. The summed E-state index contributed by atoms with van der Waals surface area (Å²) in [7, 11) is 0. The van der Waals surface area contributed by atoms with E-state index in [-0.39, 0.29) is 17.6 Å². The Morgan fingerprint density at radius 3 is 2.84 bits per heavy atom. The van der Waals surface area contributed by atoms with E-state index in [9.17, 15) is 9.59 Å². The minimum atomic E-state index is -0.276. The number of aromatic amines is 2. The maximum atomic E-state index is 12.7. The first kappa shape index (κ1) is 15.5. The Morgan fingerprint density at radius 1 is 1.16 bits per heavy atom. The van der Waals surface area contributed by atoms with E-state index in [1.54, 1.807) is 18.2 Å². The molecule has 0 aliphatic carbocycles. The maximum Gasteiger partial charge on any atom is 0.323 e. The SMILES string of the molecule is C[C@H](C(=O)Nc1ccc2[nH]c(=O)[nH]c2c1)N1CCCc2ccccc21. The standard InChI is InChI=1S/C19H20N4O2/c1-12(23-10-4-6-13-5-2-3-7-17(13)23)18(24)20-14-8-9-15-16(11-14)22-19(25)21-15/h2-3,5,7-9,11-12H,4,6,10H2,1H3,(H,20,24)(H2,21,22,25)/t12-/m1/s1. The van der Waals surface area contributed by atoms with Gasteiger partial charge in [-0.15, -0.1) is 0 Å². The largest absolute Gasteiger partial charge is 0.360 e. The van der Waals surface area contributed by atoms with Gasteiger partial charge in [0.2, 0.25) is 5.91 Å². The number of carbonyl (C=O) groups is 1. The number of carbonyl (C=O) groups excluding carboxylic acids is 1. The maximum absolute atomic E-state index is 12.7. The molecule has 3 N–H and O–H groups in total. The third-order valence-corrected chi connectivity index (χ3v) is 4.78. The Balaban J connectivity index is 1.55. The van der Waals surface area contributed by atoms with Crippen molar-refractivity contribution in [2.24, 2.45) is 0 Å². The van der Waals surface area contributed by atoms with Crippen molar-refractivity contribution in [2.45, 2.75) is 25.8 Å². The normalized spacial score (nSPS) is 15.0. The van der Waals surface area contributed by atoms with Crippen molar-refractivity contribution in [1.29, 1.82) is 0 Å². The van der Waals surface area contributed by atoms with E-state index in [1.807, 2.05) is 19.1 Å². The van der Waals surface area contributed by atoms with E-state index in [0.29, 0.717) is 11.2 Å². The van der Waals surface area contributed by atoms with Crippen molar-refractivity contribution in [2.75, 3.05) is 16.8 Å². The second-order valence-electron chi connectivity index (χ2n) is 6.43. The van der Waals surface area contributed by atoms with Crippen LogP contribution in [0.3, 0.4) is 0 Å². The van der Waals surface area contributed by atoms with Gasteiger partial charge in [-0.3, -0.25) is 4.79 Å². The zero-order valence-electron chi connectivity index (χ0n) is 14.0. The molecule has 0 bridgehead atoms. The Kier molecular flexibility index (Phi) is 3.80. The molecule has 25 heavy (non-hydrogen) atoms. The number of hydrogen-bond donors (Lipinski definition) is 3. The fourth-order valence-corrected chi connectivity index (χ4v) is 3.46. The highest BCUT2D eigenvalue weighted by molar-refractivity contribution is 5.98. The lowest BCUT2D eigenvalue weighted by Crippen LogP contribution is -2.44. The number of para-hydroxylation sites is 1. The number of aryl methyl sites for hydroxylation is 1. The van der Waals surface area contributed by atoms with Crippen LogP contribution in [0.1, 0.15) is 18.9 Å². The lowest BCUT2D eigenvalue weighted by molar-refractivity contribution is -0.117. The zero-order chi connectivity index (χ0) is 17.4. The van der Waals surface area contributed by atoms with E-state index in [4.69, 9.17) is 0 Å². The average Bonchev–Trinajstić information content (AvgIpc) is 3.00. The highest BCUT2D eigenvalue weighted by Crippen LogP contribution is 2.28. The first-order valence-electron chi connectivity index (χ1n) is 8.49. The van der Waals surface area contributed by atoms with Crippen molar-refractivity contribution in [1.82, 2.24) is 9.97 Å². The van der Waals surface area contributed by atoms with Gasteiger partial charge in [-0.1, -0.05) is 18.2 Å². The fraction of sp³-hybridized carbons (Fsp3) is 0.263. The number of nitrogens with one attached hydrogen (secondary N) is 3. The molecule has 2 heterocycles. The van der Waals surface area contributed by atoms with Crippen molar-refractivity contribution >= 4 is 28.3 Å². The van der Waals surface area contributed by atoms with Crippen LogP contribution in [0.5, 0.6) is 0 Å². The van der Waals surface area contributed by atoms with Crippen LogP contribution in [-0.2, 0) is 11.2 Å². The molecule has 2 aromatic carbocycles. The van der Waals surface area contributed by atoms with Crippen LogP contribution >= 0.6 is 0 Å². The topological polar surface area (TPSA) is 81.0 Å². The van der Waals surface area contributed by atoms with Crippen molar-refractivity contribution in [3.05, 3.63) is 58.5 Å². The lowest BCUT2D eigenvalue weighted by atomic mass is 10.00. The van der Waals surface area contributed by atoms with Gasteiger partial charge in [0.15, 0.2) is 0 Å². The molecule has 0 radical (unpaired) electrons. The van der Waals surface area contributed by atoms with Crippen LogP contribution in [0.2, 0.25) is 0 Å². The number of hydrogen-bond acceptors (Lipinski definition) is 3. The minimum absolute atomic E-state index is 0.0612. The third kappa shape index (κ3) is 2.91. The second-order valence-corrected chi connectivity index (χ2v) is 6.43. The molecular formula is C19H20N4O2. The molecule has 0 fully saturated rings. The summed E-state index contributed by atoms with van der Waals surface area (Å²) in [5, 5.41) is 2.95. The summed E-state index contributed by atoms with van der Waals surface area (Å²) in [5.74, 6) is -0.0612. The number of H-pyrrole nitrogens is 2.